The molecule has 172 valence electrons. The van der Waals surface area contributed by atoms with Crippen LogP contribution in [0.15, 0.2) is 59.5 Å². The molecule has 0 radical (unpaired) electrons. The lowest BCUT2D eigenvalue weighted by Gasteiger charge is -2.13. The van der Waals surface area contributed by atoms with Crippen LogP contribution >= 0.6 is 11.8 Å². The molecule has 0 atom stereocenters. The van der Waals surface area contributed by atoms with E-state index in [0.717, 1.165) is 27.8 Å². The van der Waals surface area contributed by atoms with Gasteiger partial charge in [0.05, 0.1) is 4.91 Å². The highest BCUT2D eigenvalue weighted by Crippen LogP contribution is 2.31. The Kier molecular flexibility index (Phi) is 8.26. The van der Waals surface area contributed by atoms with Crippen molar-refractivity contribution in [3.05, 3.63) is 76.2 Å². The van der Waals surface area contributed by atoms with Gasteiger partial charge in [-0.1, -0.05) is 42.5 Å². The number of benzene rings is 2. The molecule has 2 aromatic carbocycles. The first-order valence-corrected chi connectivity index (χ1v) is 11.4. The maximum atomic E-state index is 12.5. The van der Waals surface area contributed by atoms with Crippen molar-refractivity contribution in [2.75, 3.05) is 13.1 Å². The first-order valence-electron chi connectivity index (χ1n) is 10.6. The normalized spacial score (nSPS) is 14.6. The van der Waals surface area contributed by atoms with Crippen LogP contribution in [0, 0.1) is 0 Å². The molecule has 3 rings (SSSR count). The predicted octanol–water partition coefficient (Wildman–Crippen LogP) is 3.36. The Morgan fingerprint density at radius 2 is 1.70 bits per heavy atom. The Hall–Kier alpha value is -3.59. The molecule has 1 aliphatic rings. The SMILES string of the molecule is CC(C)NC(=O)NCc1ccc(C(=O)NCCN2C(=O)S/C(=C\c3ccccc3)C2=O)cc1. The topological polar surface area (TPSA) is 108 Å². The van der Waals surface area contributed by atoms with Gasteiger partial charge in [0.25, 0.3) is 17.1 Å². The van der Waals surface area contributed by atoms with Gasteiger partial charge in [0.2, 0.25) is 0 Å². The largest absolute Gasteiger partial charge is 0.350 e. The highest BCUT2D eigenvalue weighted by Gasteiger charge is 2.34. The van der Waals surface area contributed by atoms with Crippen LogP contribution in [0.5, 0.6) is 0 Å². The van der Waals surface area contributed by atoms with Gasteiger partial charge in [-0.05, 0) is 54.9 Å². The van der Waals surface area contributed by atoms with Gasteiger partial charge < -0.3 is 16.0 Å². The van der Waals surface area contributed by atoms with Crippen LogP contribution in [0.1, 0.15) is 35.3 Å². The fourth-order valence-electron chi connectivity index (χ4n) is 3.05. The molecular formula is C24H26N4O4S. The van der Waals surface area contributed by atoms with E-state index in [4.69, 9.17) is 0 Å². The van der Waals surface area contributed by atoms with E-state index >= 15 is 0 Å². The Bertz CT molecular complexity index is 1050. The third-order valence-electron chi connectivity index (χ3n) is 4.68. The van der Waals surface area contributed by atoms with E-state index in [1.54, 1.807) is 30.3 Å². The molecule has 0 spiro atoms. The highest BCUT2D eigenvalue weighted by molar-refractivity contribution is 8.18. The summed E-state index contributed by atoms with van der Waals surface area (Å²) in [5.41, 5.74) is 2.15. The van der Waals surface area contributed by atoms with E-state index in [2.05, 4.69) is 16.0 Å². The fourth-order valence-corrected chi connectivity index (χ4v) is 3.91. The molecule has 0 unspecified atom stereocenters. The molecule has 1 heterocycles. The van der Waals surface area contributed by atoms with Crippen molar-refractivity contribution < 1.29 is 19.2 Å². The molecule has 0 aromatic heterocycles. The number of urea groups is 1. The maximum Gasteiger partial charge on any atom is 0.315 e. The van der Waals surface area contributed by atoms with Gasteiger partial charge in [0.1, 0.15) is 0 Å². The van der Waals surface area contributed by atoms with Gasteiger partial charge in [-0.2, -0.15) is 0 Å². The number of amides is 5. The summed E-state index contributed by atoms with van der Waals surface area (Å²) in [7, 11) is 0. The van der Waals surface area contributed by atoms with Crippen molar-refractivity contribution >= 4 is 40.9 Å². The van der Waals surface area contributed by atoms with Crippen molar-refractivity contribution in [2.45, 2.75) is 26.4 Å². The third-order valence-corrected chi connectivity index (χ3v) is 5.59. The molecule has 3 N–H and O–H groups in total. The summed E-state index contributed by atoms with van der Waals surface area (Å²) in [6.45, 7) is 4.34. The lowest BCUT2D eigenvalue weighted by Crippen LogP contribution is -2.39. The molecule has 8 nitrogen and oxygen atoms in total. The molecule has 2 aromatic rings. The molecule has 0 saturated carbocycles. The van der Waals surface area contributed by atoms with E-state index in [0.29, 0.717) is 17.0 Å². The summed E-state index contributed by atoms with van der Waals surface area (Å²) >= 11 is 0.895. The van der Waals surface area contributed by atoms with Crippen molar-refractivity contribution in [3.8, 4) is 0 Å². The summed E-state index contributed by atoms with van der Waals surface area (Å²) in [6.07, 6.45) is 1.69. The van der Waals surface area contributed by atoms with Crippen LogP contribution in [0.2, 0.25) is 0 Å². The Morgan fingerprint density at radius 3 is 2.36 bits per heavy atom. The Balaban J connectivity index is 1.47. The molecule has 0 bridgehead atoms. The van der Waals surface area contributed by atoms with E-state index in [9.17, 15) is 19.2 Å². The standard InChI is InChI=1S/C24H26N4O4S/c1-16(2)27-23(31)26-15-18-8-10-19(11-9-18)21(29)25-12-13-28-22(30)20(33-24(28)32)14-17-6-4-3-5-7-17/h3-11,14,16H,12-13,15H2,1-2H3,(H,25,29)(H2,26,27,31)/b20-14-. The average molecular weight is 467 g/mol. The fraction of sp³-hybridized carbons (Fsp3) is 0.250. The highest BCUT2D eigenvalue weighted by atomic mass is 32.2. The molecule has 33 heavy (non-hydrogen) atoms. The van der Waals surface area contributed by atoms with Crippen LogP contribution in [-0.4, -0.2) is 47.1 Å². The monoisotopic (exact) mass is 466 g/mol. The van der Waals surface area contributed by atoms with E-state index in [1.165, 1.54) is 0 Å². The Morgan fingerprint density at radius 1 is 1.00 bits per heavy atom. The van der Waals surface area contributed by atoms with Crippen LogP contribution < -0.4 is 16.0 Å². The quantitative estimate of drug-likeness (QED) is 0.517. The number of rotatable bonds is 8. The summed E-state index contributed by atoms with van der Waals surface area (Å²) in [6, 6.07) is 15.9. The van der Waals surface area contributed by atoms with Crippen molar-refractivity contribution in [1.82, 2.24) is 20.9 Å². The van der Waals surface area contributed by atoms with Crippen molar-refractivity contribution in [3.63, 3.8) is 0 Å². The van der Waals surface area contributed by atoms with Gasteiger partial charge >= 0.3 is 6.03 Å². The third kappa shape index (κ3) is 6.95. The van der Waals surface area contributed by atoms with Gasteiger partial charge in [0, 0.05) is 31.2 Å². The summed E-state index contributed by atoms with van der Waals surface area (Å²) in [5, 5.41) is 7.86. The number of hydrogen-bond donors (Lipinski definition) is 3. The summed E-state index contributed by atoms with van der Waals surface area (Å²) in [5.74, 6) is -0.666. The van der Waals surface area contributed by atoms with Crippen LogP contribution in [-0.2, 0) is 11.3 Å². The lowest BCUT2D eigenvalue weighted by atomic mass is 10.1. The zero-order valence-electron chi connectivity index (χ0n) is 18.5. The number of carbonyl (C=O) groups is 4. The second kappa shape index (κ2) is 11.3. The number of nitrogens with zero attached hydrogens (tertiary/aromatic N) is 1. The van der Waals surface area contributed by atoms with Gasteiger partial charge in [-0.3, -0.25) is 19.3 Å². The molecule has 1 saturated heterocycles. The summed E-state index contributed by atoms with van der Waals surface area (Å²) < 4.78 is 0. The zero-order valence-corrected chi connectivity index (χ0v) is 19.3. The summed E-state index contributed by atoms with van der Waals surface area (Å²) in [4.78, 5) is 50.3. The minimum absolute atomic E-state index is 0.0484. The zero-order chi connectivity index (χ0) is 23.8. The molecule has 5 amide bonds. The van der Waals surface area contributed by atoms with E-state index in [1.807, 2.05) is 44.2 Å². The van der Waals surface area contributed by atoms with E-state index in [-0.39, 0.29) is 42.2 Å². The first kappa shape index (κ1) is 24.1. The van der Waals surface area contributed by atoms with Gasteiger partial charge in [-0.15, -0.1) is 0 Å². The first-order chi connectivity index (χ1) is 15.8. The van der Waals surface area contributed by atoms with E-state index < -0.39 is 0 Å². The minimum Gasteiger partial charge on any atom is -0.350 e. The lowest BCUT2D eigenvalue weighted by molar-refractivity contribution is -0.122. The number of hydrogen-bond acceptors (Lipinski definition) is 5. The predicted molar refractivity (Wildman–Crippen MR) is 128 cm³/mol. The number of imide groups is 1. The van der Waals surface area contributed by atoms with Crippen LogP contribution in [0.4, 0.5) is 9.59 Å². The number of nitrogens with one attached hydrogen (secondary N) is 3. The van der Waals surface area contributed by atoms with Gasteiger partial charge in [0.15, 0.2) is 0 Å². The molecular weight excluding hydrogens is 440 g/mol. The van der Waals surface area contributed by atoms with Crippen molar-refractivity contribution in [1.29, 1.82) is 0 Å². The molecule has 1 aliphatic heterocycles. The van der Waals surface area contributed by atoms with Crippen LogP contribution in [0.3, 0.4) is 0 Å². The number of thioether (sulfide) groups is 1. The second-order valence-corrected chi connectivity index (χ2v) is 8.67. The molecule has 1 fully saturated rings. The van der Waals surface area contributed by atoms with Crippen molar-refractivity contribution in [2.24, 2.45) is 0 Å². The smallest absolute Gasteiger partial charge is 0.315 e. The second-order valence-electron chi connectivity index (χ2n) is 7.68. The average Bonchev–Trinajstić information content (AvgIpc) is 3.05. The van der Waals surface area contributed by atoms with Gasteiger partial charge in [-0.25, -0.2) is 4.79 Å². The minimum atomic E-state index is -0.360. The molecule has 9 heteroatoms. The number of carbonyl (C=O) groups excluding carboxylic acids is 4. The molecule has 0 aliphatic carbocycles. The maximum absolute atomic E-state index is 12.5. The van der Waals surface area contributed by atoms with Crippen LogP contribution in [0.25, 0.3) is 6.08 Å². The Labute approximate surface area is 196 Å².